The number of benzene rings is 13. The molecule has 0 aliphatic carbocycles. The highest BCUT2D eigenvalue weighted by Gasteiger charge is 2.51. The molecule has 0 saturated carbocycles. The van der Waals surface area contributed by atoms with Gasteiger partial charge in [0.25, 0.3) is 0 Å². The van der Waals surface area contributed by atoms with E-state index < -0.39 is 14.5 Å². The summed E-state index contributed by atoms with van der Waals surface area (Å²) in [6.07, 6.45) is 0. The van der Waals surface area contributed by atoms with Gasteiger partial charge in [0.05, 0.1) is 21.3 Å². The molecule has 14 rings (SSSR count). The van der Waals surface area contributed by atoms with E-state index in [9.17, 15) is 0 Å². The lowest BCUT2D eigenvalue weighted by atomic mass is 9.79. The number of ether oxygens (including phenoxy) is 3. The monoisotopic (exact) mass is 1470 g/mol. The molecule has 6 heteroatoms. The number of nitrogens with zero attached hydrogens (tertiary/aromatic N) is 1. The minimum Gasteiger partial charge on any atom is -0.496 e. The smallest absolute Gasteiger partial charge is 0.212 e. The van der Waals surface area contributed by atoms with Crippen LogP contribution in [0.4, 0.5) is 0 Å². The molecule has 0 aliphatic rings. The quantitative estimate of drug-likeness (QED) is 0.0714. The lowest BCUT2D eigenvalue weighted by Gasteiger charge is -2.33. The fourth-order valence-corrected chi connectivity index (χ4v) is 25.2. The standard InChI is InChI=1S/C43H42OP.C33H38OP.C27H26NO/c1-29-23-31(3)41(32(4)24-29)39-27-38(28-40(43(39)44-7)42-33(5)25-30(2)26-34(42)6)45(35-17-11-8-12-18-35,36-19-13-9-14-20-36)37-21-15-10-16-22-37;1-32(2,3)29-23-28(24-30(31(29)34-7)33(4,5)6)35(25-17-11-8-12-18-25,26-19-13-9-14-20-26)27-21-15-10-16-22-27;1-19-15-20(2)28(21(3)16-19)24-17-25(22-11-7-5-8-12-22)27(29-4)26(18-24)23-13-9-6-10-14-23/h8-28H,1-7H3;8-24H,1-7H3;5-18H,1-4H3/q3*+1. The normalized spacial score (nSPS) is 11.6. The second-order valence-corrected chi connectivity index (χ2v) is 37.8. The predicted molar refractivity (Wildman–Crippen MR) is 472 cm³/mol. The van der Waals surface area contributed by atoms with Gasteiger partial charge in [-0.3, -0.25) is 0 Å². The third-order valence-corrected chi connectivity index (χ3v) is 29.5. The van der Waals surface area contributed by atoms with E-state index in [1.54, 1.807) is 7.11 Å². The zero-order valence-electron chi connectivity index (χ0n) is 67.1. The van der Waals surface area contributed by atoms with Crippen LogP contribution < -0.4 is 61.2 Å². The van der Waals surface area contributed by atoms with Gasteiger partial charge in [0.2, 0.25) is 5.69 Å². The van der Waals surface area contributed by atoms with Crippen molar-refractivity contribution in [3.63, 3.8) is 0 Å². The molecule has 0 radical (unpaired) electrons. The third-order valence-electron chi connectivity index (χ3n) is 21.0. The highest BCUT2D eigenvalue weighted by atomic mass is 31.2. The highest BCUT2D eigenvalue weighted by Crippen LogP contribution is 2.59. The number of methoxy groups -OCH3 is 3. The van der Waals surface area contributed by atoms with Crippen LogP contribution in [-0.2, 0) is 10.8 Å². The third kappa shape index (κ3) is 15.9. The lowest BCUT2D eigenvalue weighted by Crippen LogP contribution is -2.39. The molecule has 0 unspecified atom stereocenters. The Morgan fingerprint density at radius 3 is 0.743 bits per heavy atom. The Bertz CT molecular complexity index is 5020. The van der Waals surface area contributed by atoms with Gasteiger partial charge in [-0.1, -0.05) is 247 Å². The van der Waals surface area contributed by atoms with Gasteiger partial charge < -0.3 is 14.2 Å². The molecule has 1 heterocycles. The summed E-state index contributed by atoms with van der Waals surface area (Å²) in [6.45, 7) is 33.5. The van der Waals surface area contributed by atoms with Crippen molar-refractivity contribution >= 4 is 57.0 Å². The molecule has 1 aromatic heterocycles. The average Bonchev–Trinajstić information content (AvgIpc) is 0.725. The van der Waals surface area contributed by atoms with Gasteiger partial charge in [-0.05, 0) is 206 Å². The fourth-order valence-electron chi connectivity index (χ4n) is 16.6. The van der Waals surface area contributed by atoms with Crippen LogP contribution in [-0.4, -0.2) is 21.3 Å². The maximum atomic E-state index is 6.46. The topological polar surface area (TPSA) is 31.6 Å². The van der Waals surface area contributed by atoms with E-state index in [2.05, 4.69) is 412 Å². The van der Waals surface area contributed by atoms with Gasteiger partial charge in [-0.2, -0.15) is 4.57 Å². The second kappa shape index (κ2) is 33.4. The van der Waals surface area contributed by atoms with Crippen molar-refractivity contribution in [1.82, 2.24) is 0 Å². The number of hydrogen-bond donors (Lipinski definition) is 0. The van der Waals surface area contributed by atoms with Gasteiger partial charge in [0, 0.05) is 71.5 Å². The number of aryl methyl sites for hydroxylation is 9. The maximum Gasteiger partial charge on any atom is 0.212 e. The lowest BCUT2D eigenvalue weighted by molar-refractivity contribution is -0.609. The Hall–Kier alpha value is -10.7. The van der Waals surface area contributed by atoms with E-state index in [0.717, 1.165) is 56.3 Å². The fraction of sp³-hybridized carbons (Fsp3) is 0.194. The maximum absolute atomic E-state index is 6.46. The first-order chi connectivity index (χ1) is 52.4. The summed E-state index contributed by atoms with van der Waals surface area (Å²) < 4.78 is 20.8. The van der Waals surface area contributed by atoms with Crippen LogP contribution in [0.25, 0.3) is 50.2 Å². The SMILES string of the molecule is COc1c(-c2c(C)cc(C)cc2C)cc([P+](c2ccccc2)(c2ccccc2)c2ccccc2)cc1-c1c(C)cc(C)cc1C.COc1c(-c2ccccc2)cc(-[n+]2c(C)cc(C)cc2C)cc1-c1ccccc1.COc1c(C(C)(C)C)cc([P+](c2ccccc2)(c2ccccc2)c2ccccc2)cc1C(C)(C)C. The van der Waals surface area contributed by atoms with Crippen LogP contribution in [0.2, 0.25) is 0 Å². The summed E-state index contributed by atoms with van der Waals surface area (Å²) in [5.41, 5.74) is 24.1. The summed E-state index contributed by atoms with van der Waals surface area (Å²) in [7, 11) is 0.843. The first-order valence-electron chi connectivity index (χ1n) is 38.0. The first-order valence-corrected chi connectivity index (χ1v) is 41.6. The molecule has 13 aromatic carbocycles. The van der Waals surface area contributed by atoms with Crippen LogP contribution in [0.1, 0.15) is 103 Å². The van der Waals surface area contributed by atoms with Crippen LogP contribution >= 0.6 is 14.5 Å². The summed E-state index contributed by atoms with van der Waals surface area (Å²) in [5.74, 6) is 2.84. The van der Waals surface area contributed by atoms with Crippen molar-refractivity contribution in [2.75, 3.05) is 21.3 Å². The van der Waals surface area contributed by atoms with E-state index in [1.165, 1.54) is 115 Å². The van der Waals surface area contributed by atoms with Crippen LogP contribution in [0.3, 0.4) is 0 Å². The van der Waals surface area contributed by atoms with Crippen molar-refractivity contribution in [2.24, 2.45) is 0 Å². The molecule has 0 spiro atoms. The van der Waals surface area contributed by atoms with Crippen molar-refractivity contribution in [1.29, 1.82) is 0 Å². The van der Waals surface area contributed by atoms with Crippen LogP contribution in [0, 0.1) is 62.3 Å². The van der Waals surface area contributed by atoms with Crippen molar-refractivity contribution in [3.05, 3.63) is 377 Å². The number of rotatable bonds is 16. The Labute approximate surface area is 651 Å². The summed E-state index contributed by atoms with van der Waals surface area (Å²) in [4.78, 5) is 0. The molecule has 0 fully saturated rings. The molecule has 0 atom stereocenters. The van der Waals surface area contributed by atoms with Crippen molar-refractivity contribution in [3.8, 4) is 67.4 Å². The zero-order chi connectivity index (χ0) is 77.4. The first kappa shape index (κ1) is 77.9. The Morgan fingerprint density at radius 1 is 0.248 bits per heavy atom. The molecule has 4 nitrogen and oxygen atoms in total. The minimum atomic E-state index is -2.37. The average molecular weight is 1470 g/mol. The zero-order valence-corrected chi connectivity index (χ0v) is 68.9. The van der Waals surface area contributed by atoms with Gasteiger partial charge in [-0.15, -0.1) is 0 Å². The molecular formula is C103H106NO3P2+3. The molecule has 0 N–H and O–H groups in total. The highest BCUT2D eigenvalue weighted by molar-refractivity contribution is 8.02. The molecule has 548 valence electrons. The van der Waals surface area contributed by atoms with Gasteiger partial charge in [-0.25, -0.2) is 0 Å². The molecule has 0 bridgehead atoms. The summed E-state index contributed by atoms with van der Waals surface area (Å²) in [5, 5.41) is 10.8. The van der Waals surface area contributed by atoms with Crippen LogP contribution in [0.15, 0.2) is 315 Å². The molecule has 109 heavy (non-hydrogen) atoms. The molecular weight excluding hydrogens is 1360 g/mol. The van der Waals surface area contributed by atoms with E-state index in [1.807, 2.05) is 26.4 Å². The number of hydrogen-bond acceptors (Lipinski definition) is 3. The van der Waals surface area contributed by atoms with Crippen LogP contribution in [0.5, 0.6) is 17.2 Å². The van der Waals surface area contributed by atoms with Gasteiger partial charge in [0.1, 0.15) is 74.2 Å². The van der Waals surface area contributed by atoms with E-state index >= 15 is 0 Å². The molecule has 0 amide bonds. The number of aromatic nitrogens is 1. The second-order valence-electron chi connectivity index (χ2n) is 31.0. The molecule has 14 aromatic rings. The minimum absolute atomic E-state index is 0.0684. The Morgan fingerprint density at radius 2 is 0.486 bits per heavy atom. The summed E-state index contributed by atoms with van der Waals surface area (Å²) in [6, 6.07) is 115. The molecule has 0 aliphatic heterocycles. The summed E-state index contributed by atoms with van der Waals surface area (Å²) >= 11 is 0. The van der Waals surface area contributed by atoms with Crippen molar-refractivity contribution < 1.29 is 18.8 Å². The predicted octanol–water partition coefficient (Wildman–Crippen LogP) is 22.6. The van der Waals surface area contributed by atoms with Crippen molar-refractivity contribution in [2.45, 2.75) is 115 Å². The molecule has 0 saturated heterocycles. The van der Waals surface area contributed by atoms with E-state index in [0.29, 0.717) is 0 Å². The Kier molecular flexibility index (Phi) is 23.9. The van der Waals surface area contributed by atoms with Gasteiger partial charge in [0.15, 0.2) is 11.4 Å². The largest absolute Gasteiger partial charge is 0.496 e. The van der Waals surface area contributed by atoms with E-state index in [-0.39, 0.29) is 10.8 Å². The Balaban J connectivity index is 0.000000156. The number of pyridine rings is 1. The van der Waals surface area contributed by atoms with Gasteiger partial charge >= 0.3 is 0 Å². The van der Waals surface area contributed by atoms with E-state index in [4.69, 9.17) is 14.2 Å².